The minimum atomic E-state index is -0.444. The molecule has 0 aliphatic carbocycles. The fraction of sp³-hybridized carbons (Fsp3) is 0.381. The number of hydrogen-bond acceptors (Lipinski definition) is 4. The Bertz CT molecular complexity index is 758. The molecular weight excluding hydrogens is 427 g/mol. The maximum Gasteiger partial charge on any atom is 0.246 e. The number of benzene rings is 2. The lowest BCUT2D eigenvalue weighted by Crippen LogP contribution is -2.32. The minimum Gasteiger partial charge on any atom is -0.377 e. The number of nitrogens with zero attached hydrogens (tertiary/aromatic N) is 1. The number of hydrogen-bond donors (Lipinski definition) is 2. The summed E-state index contributed by atoms with van der Waals surface area (Å²) in [5.41, 5.74) is 3.72. The molecule has 152 valence electrons. The predicted molar refractivity (Wildman–Crippen MR) is 109 cm³/mol. The van der Waals surface area contributed by atoms with Crippen LogP contribution in [0.2, 0.25) is 0 Å². The molecule has 0 heterocycles. The second-order valence-corrected chi connectivity index (χ2v) is 7.76. The number of halogens is 2. The zero-order chi connectivity index (χ0) is 20.5. The number of carbonyl (C=O) groups excluding carboxylic acids is 1. The van der Waals surface area contributed by atoms with Gasteiger partial charge < -0.3 is 9.64 Å². The number of rotatable bonds is 10. The molecule has 2 rings (SSSR count). The summed E-state index contributed by atoms with van der Waals surface area (Å²) in [6.45, 7) is 1.42. The van der Waals surface area contributed by atoms with Crippen LogP contribution in [0.15, 0.2) is 53.0 Å². The van der Waals surface area contributed by atoms with Gasteiger partial charge in [0.2, 0.25) is 5.91 Å². The van der Waals surface area contributed by atoms with E-state index in [9.17, 15) is 9.18 Å². The van der Waals surface area contributed by atoms with E-state index in [1.807, 2.05) is 19.2 Å². The molecular formula is C21H26BrFN2O3. The Labute approximate surface area is 173 Å². The van der Waals surface area contributed by atoms with Crippen molar-refractivity contribution in [2.75, 3.05) is 20.7 Å². The van der Waals surface area contributed by atoms with Gasteiger partial charge in [0.25, 0.3) is 0 Å². The van der Waals surface area contributed by atoms with Crippen LogP contribution in [0.3, 0.4) is 0 Å². The summed E-state index contributed by atoms with van der Waals surface area (Å²) in [5.74, 6) is -1.21. The third-order valence-corrected chi connectivity index (χ3v) is 5.20. The van der Waals surface area contributed by atoms with Crippen LogP contribution in [0.5, 0.6) is 0 Å². The molecule has 2 atom stereocenters. The van der Waals surface area contributed by atoms with Gasteiger partial charge in [0, 0.05) is 24.0 Å². The van der Waals surface area contributed by atoms with Gasteiger partial charge >= 0.3 is 0 Å². The van der Waals surface area contributed by atoms with Gasteiger partial charge in [-0.3, -0.25) is 10.0 Å². The van der Waals surface area contributed by atoms with Gasteiger partial charge in [-0.05, 0) is 61.8 Å². The van der Waals surface area contributed by atoms with Gasteiger partial charge in [-0.2, -0.15) is 0 Å². The van der Waals surface area contributed by atoms with Crippen molar-refractivity contribution in [3.05, 3.63) is 69.9 Å². The number of nitrogens with one attached hydrogen (secondary N) is 1. The van der Waals surface area contributed by atoms with E-state index >= 15 is 0 Å². The normalized spacial score (nSPS) is 13.4. The highest BCUT2D eigenvalue weighted by Crippen LogP contribution is 2.27. The molecule has 1 amide bonds. The van der Waals surface area contributed by atoms with E-state index < -0.39 is 11.8 Å². The summed E-state index contributed by atoms with van der Waals surface area (Å²) >= 11 is 3.47. The number of ether oxygens (including phenoxy) is 1. The molecule has 2 aromatic carbocycles. The van der Waals surface area contributed by atoms with Gasteiger partial charge in [0.1, 0.15) is 5.82 Å². The quantitative estimate of drug-likeness (QED) is 0.416. The summed E-state index contributed by atoms with van der Waals surface area (Å²) in [7, 11) is 3.55. The van der Waals surface area contributed by atoms with E-state index in [4.69, 9.17) is 9.94 Å². The second-order valence-electron chi connectivity index (χ2n) is 6.84. The van der Waals surface area contributed by atoms with Gasteiger partial charge in [0.05, 0.1) is 6.10 Å². The molecule has 0 radical (unpaired) electrons. The SMILES string of the molecule is CO[C@H](C[C@@H](CCN(C)Cc1cccc(Br)c1)C(=O)NO)c1ccc(F)cc1. The molecule has 0 aliphatic rings. The van der Waals surface area contributed by atoms with E-state index in [1.54, 1.807) is 24.7 Å². The molecule has 0 saturated heterocycles. The highest BCUT2D eigenvalue weighted by molar-refractivity contribution is 9.10. The van der Waals surface area contributed by atoms with Gasteiger partial charge in [-0.15, -0.1) is 0 Å². The van der Waals surface area contributed by atoms with Crippen molar-refractivity contribution < 1.29 is 19.1 Å². The van der Waals surface area contributed by atoms with Gasteiger partial charge in [-0.25, -0.2) is 9.87 Å². The molecule has 2 aromatic rings. The fourth-order valence-corrected chi connectivity index (χ4v) is 3.60. The summed E-state index contributed by atoms with van der Waals surface area (Å²) in [6.07, 6.45) is 0.579. The summed E-state index contributed by atoms with van der Waals surface area (Å²) in [5, 5.41) is 9.12. The van der Waals surface area contributed by atoms with Crippen LogP contribution in [-0.2, 0) is 16.1 Å². The van der Waals surface area contributed by atoms with E-state index in [0.29, 0.717) is 19.4 Å². The predicted octanol–water partition coefficient (Wildman–Crippen LogP) is 4.31. The lowest BCUT2D eigenvalue weighted by molar-refractivity contribution is -0.135. The van der Waals surface area contributed by atoms with Crippen LogP contribution in [0, 0.1) is 11.7 Å². The molecule has 2 N–H and O–H groups in total. The minimum absolute atomic E-state index is 0.322. The lowest BCUT2D eigenvalue weighted by Gasteiger charge is -2.24. The van der Waals surface area contributed by atoms with Crippen LogP contribution < -0.4 is 5.48 Å². The molecule has 0 unspecified atom stereocenters. The van der Waals surface area contributed by atoms with Crippen molar-refractivity contribution in [2.24, 2.45) is 5.92 Å². The molecule has 0 saturated carbocycles. The first-order valence-electron chi connectivity index (χ1n) is 9.08. The van der Waals surface area contributed by atoms with Gasteiger partial charge in [0.15, 0.2) is 0 Å². The Morgan fingerprint density at radius 1 is 1.29 bits per heavy atom. The van der Waals surface area contributed by atoms with Crippen molar-refractivity contribution in [1.82, 2.24) is 10.4 Å². The molecule has 0 spiro atoms. The van der Waals surface area contributed by atoms with Crippen LogP contribution in [0.1, 0.15) is 30.1 Å². The molecule has 5 nitrogen and oxygen atoms in total. The second kappa shape index (κ2) is 11.3. The smallest absolute Gasteiger partial charge is 0.246 e. The van der Waals surface area contributed by atoms with Crippen molar-refractivity contribution >= 4 is 21.8 Å². The maximum absolute atomic E-state index is 13.2. The number of methoxy groups -OCH3 is 1. The lowest BCUT2D eigenvalue weighted by atomic mass is 9.93. The third-order valence-electron chi connectivity index (χ3n) is 4.71. The number of hydroxylamine groups is 1. The summed E-state index contributed by atoms with van der Waals surface area (Å²) < 4.78 is 19.7. The number of amides is 1. The molecule has 0 aliphatic heterocycles. The standard InChI is InChI=1S/C21H26BrFN2O3/c1-25(14-15-4-3-5-18(22)12-15)11-10-17(21(26)24-27)13-20(28-2)16-6-8-19(23)9-7-16/h3-9,12,17,20,27H,10-11,13-14H2,1-2H3,(H,24,26)/t17-,20-/m1/s1. The molecule has 7 heteroatoms. The maximum atomic E-state index is 13.2. The van der Waals surface area contributed by atoms with E-state index in [-0.39, 0.29) is 11.9 Å². The summed E-state index contributed by atoms with van der Waals surface area (Å²) in [4.78, 5) is 14.3. The monoisotopic (exact) mass is 452 g/mol. The molecule has 0 fully saturated rings. The van der Waals surface area contributed by atoms with Gasteiger partial charge in [-0.1, -0.05) is 40.2 Å². The molecule has 28 heavy (non-hydrogen) atoms. The Kier molecular flexibility index (Phi) is 9.05. The summed E-state index contributed by atoms with van der Waals surface area (Å²) in [6, 6.07) is 14.1. The first kappa shape index (κ1) is 22.5. The molecule has 0 bridgehead atoms. The van der Waals surface area contributed by atoms with Crippen LogP contribution >= 0.6 is 15.9 Å². The van der Waals surface area contributed by atoms with E-state index in [2.05, 4.69) is 33.0 Å². The molecule has 0 aromatic heterocycles. The third kappa shape index (κ3) is 6.98. The van der Waals surface area contributed by atoms with Crippen molar-refractivity contribution in [3.63, 3.8) is 0 Å². The zero-order valence-corrected chi connectivity index (χ0v) is 17.7. The Morgan fingerprint density at radius 2 is 2.00 bits per heavy atom. The largest absolute Gasteiger partial charge is 0.377 e. The van der Waals surface area contributed by atoms with Crippen LogP contribution in [0.4, 0.5) is 4.39 Å². The Balaban J connectivity index is 1.98. The van der Waals surface area contributed by atoms with Crippen LogP contribution in [-0.4, -0.2) is 36.7 Å². The van der Waals surface area contributed by atoms with E-state index in [1.165, 1.54) is 17.7 Å². The Hall–Kier alpha value is -1.80. The average molecular weight is 453 g/mol. The van der Waals surface area contributed by atoms with Crippen molar-refractivity contribution in [3.8, 4) is 0 Å². The van der Waals surface area contributed by atoms with E-state index in [0.717, 1.165) is 16.6 Å². The van der Waals surface area contributed by atoms with Crippen LogP contribution in [0.25, 0.3) is 0 Å². The van der Waals surface area contributed by atoms with Crippen molar-refractivity contribution in [2.45, 2.75) is 25.5 Å². The highest BCUT2D eigenvalue weighted by atomic mass is 79.9. The zero-order valence-electron chi connectivity index (χ0n) is 16.1. The average Bonchev–Trinajstić information content (AvgIpc) is 2.68. The first-order valence-corrected chi connectivity index (χ1v) is 9.87. The number of carbonyl (C=O) groups is 1. The fourth-order valence-electron chi connectivity index (χ4n) is 3.15. The highest BCUT2D eigenvalue weighted by Gasteiger charge is 2.24. The Morgan fingerprint density at radius 3 is 2.61 bits per heavy atom. The topological polar surface area (TPSA) is 61.8 Å². The first-order chi connectivity index (χ1) is 13.4. The van der Waals surface area contributed by atoms with Crippen molar-refractivity contribution in [1.29, 1.82) is 0 Å².